The average Bonchev–Trinajstić information content (AvgIpc) is 3.27. The number of nitrogens with one attached hydrogen (secondary N) is 1. The Labute approximate surface area is 190 Å². The maximum atomic E-state index is 13.2. The third kappa shape index (κ3) is 3.80. The monoisotopic (exact) mass is 445 g/mol. The molecule has 3 heterocycles. The number of carbonyl (C=O) groups is 3. The fourth-order valence-corrected chi connectivity index (χ4v) is 4.26. The number of aliphatic hydroxyl groups is 1. The Bertz CT molecular complexity index is 1260. The van der Waals surface area contributed by atoms with Crippen molar-refractivity contribution in [3.63, 3.8) is 0 Å². The van der Waals surface area contributed by atoms with E-state index in [-0.39, 0.29) is 23.6 Å². The van der Waals surface area contributed by atoms with Gasteiger partial charge in [0.05, 0.1) is 18.7 Å². The van der Waals surface area contributed by atoms with Gasteiger partial charge < -0.3 is 19.7 Å². The number of aromatic amines is 1. The van der Waals surface area contributed by atoms with E-state index in [0.717, 1.165) is 5.56 Å². The summed E-state index contributed by atoms with van der Waals surface area (Å²) in [6.45, 7) is 3.47. The minimum atomic E-state index is -0.804. The number of ether oxygens (including phenoxy) is 1. The number of hydrogen-bond donors (Lipinski definition) is 2. The first-order valence-corrected chi connectivity index (χ1v) is 10.3. The van der Waals surface area contributed by atoms with E-state index in [2.05, 4.69) is 9.97 Å². The van der Waals surface area contributed by atoms with Gasteiger partial charge in [0.2, 0.25) is 0 Å². The van der Waals surface area contributed by atoms with E-state index >= 15 is 0 Å². The molecule has 8 nitrogen and oxygen atoms in total. The number of hydrogen-bond acceptors (Lipinski definition) is 6. The predicted octanol–water partition coefficient (Wildman–Crippen LogP) is 3.44. The van der Waals surface area contributed by atoms with Crippen molar-refractivity contribution in [2.24, 2.45) is 0 Å². The quantitative estimate of drug-likeness (QED) is 0.269. The lowest BCUT2D eigenvalue weighted by molar-refractivity contribution is -0.140. The number of benzene rings is 1. The zero-order valence-electron chi connectivity index (χ0n) is 18.5. The number of aliphatic hydroxyl groups excluding tert-OH is 1. The second-order valence-corrected chi connectivity index (χ2v) is 7.82. The molecule has 0 saturated carbocycles. The van der Waals surface area contributed by atoms with Gasteiger partial charge in [0.15, 0.2) is 0 Å². The van der Waals surface area contributed by atoms with Gasteiger partial charge in [-0.2, -0.15) is 0 Å². The summed E-state index contributed by atoms with van der Waals surface area (Å²) in [5.74, 6) is -2.43. The molecular formula is C25H23N3O5. The molecule has 0 spiro atoms. The summed E-state index contributed by atoms with van der Waals surface area (Å²) >= 11 is 0. The van der Waals surface area contributed by atoms with Crippen molar-refractivity contribution in [3.8, 4) is 0 Å². The molecule has 0 unspecified atom stereocenters. The second-order valence-electron chi connectivity index (χ2n) is 7.82. The molecule has 168 valence electrons. The van der Waals surface area contributed by atoms with Crippen LogP contribution in [0, 0.1) is 13.8 Å². The molecule has 1 amide bonds. The number of likely N-dealkylation sites (tertiary alicyclic amines) is 1. The van der Waals surface area contributed by atoms with Crippen molar-refractivity contribution >= 4 is 23.4 Å². The number of nitrogens with zero attached hydrogens (tertiary/aromatic N) is 2. The van der Waals surface area contributed by atoms with Gasteiger partial charge in [-0.25, -0.2) is 4.79 Å². The van der Waals surface area contributed by atoms with Crippen molar-refractivity contribution in [1.82, 2.24) is 14.9 Å². The van der Waals surface area contributed by atoms with Gasteiger partial charge in [-0.15, -0.1) is 0 Å². The molecule has 2 N–H and O–H groups in total. The summed E-state index contributed by atoms with van der Waals surface area (Å²) in [7, 11) is 1.26. The molecule has 1 fully saturated rings. The maximum Gasteiger partial charge on any atom is 0.354 e. The van der Waals surface area contributed by atoms with Crippen LogP contribution in [-0.4, -0.2) is 44.7 Å². The highest BCUT2D eigenvalue weighted by Crippen LogP contribution is 2.41. The lowest BCUT2D eigenvalue weighted by Crippen LogP contribution is -2.29. The molecule has 8 heteroatoms. The number of Topliss-reactive ketones (excluding diaryl/α,β-unsaturated/α-hetero) is 1. The predicted molar refractivity (Wildman–Crippen MR) is 120 cm³/mol. The molecule has 0 aliphatic carbocycles. The third-order valence-electron chi connectivity index (χ3n) is 5.79. The molecule has 3 aromatic rings. The zero-order valence-corrected chi connectivity index (χ0v) is 18.5. The molecule has 0 radical (unpaired) electrons. The Hall–Kier alpha value is -4.20. The number of methoxy groups -OCH3 is 1. The minimum absolute atomic E-state index is 0.0308. The van der Waals surface area contributed by atoms with Gasteiger partial charge in [0.1, 0.15) is 11.5 Å². The van der Waals surface area contributed by atoms with Crippen molar-refractivity contribution < 1.29 is 24.2 Å². The van der Waals surface area contributed by atoms with Crippen molar-refractivity contribution in [2.45, 2.75) is 26.4 Å². The fraction of sp³-hybridized carbons (Fsp3) is 0.200. The normalized spacial score (nSPS) is 17.4. The summed E-state index contributed by atoms with van der Waals surface area (Å²) in [6.07, 6.45) is 3.26. The lowest BCUT2D eigenvalue weighted by atomic mass is 9.94. The lowest BCUT2D eigenvalue weighted by Gasteiger charge is -2.25. The summed E-state index contributed by atoms with van der Waals surface area (Å²) in [5.41, 5.74) is 2.80. The van der Waals surface area contributed by atoms with E-state index < -0.39 is 23.7 Å². The summed E-state index contributed by atoms with van der Waals surface area (Å²) in [5, 5.41) is 11.3. The van der Waals surface area contributed by atoms with Gasteiger partial charge in [-0.1, -0.05) is 36.4 Å². The molecule has 1 aliphatic heterocycles. The van der Waals surface area contributed by atoms with E-state index in [1.807, 2.05) is 24.3 Å². The second kappa shape index (κ2) is 8.74. The number of carbonyl (C=O) groups excluding carboxylic acids is 3. The largest absolute Gasteiger partial charge is 0.507 e. The number of ketones is 1. The Morgan fingerprint density at radius 2 is 1.88 bits per heavy atom. The topological polar surface area (TPSA) is 113 Å². The first kappa shape index (κ1) is 22.0. The molecule has 1 aliphatic rings. The van der Waals surface area contributed by atoms with E-state index in [1.165, 1.54) is 12.0 Å². The van der Waals surface area contributed by atoms with Crippen LogP contribution in [-0.2, 0) is 20.9 Å². The Morgan fingerprint density at radius 3 is 2.52 bits per heavy atom. The highest BCUT2D eigenvalue weighted by molar-refractivity contribution is 6.46. The number of H-pyrrole nitrogens is 1. The molecular weight excluding hydrogens is 422 g/mol. The Balaban J connectivity index is 1.90. The highest BCUT2D eigenvalue weighted by Gasteiger charge is 2.46. The van der Waals surface area contributed by atoms with Crippen LogP contribution in [0.2, 0.25) is 0 Å². The number of pyridine rings is 1. The number of amides is 1. The number of rotatable bonds is 5. The van der Waals surface area contributed by atoms with Crippen molar-refractivity contribution in [3.05, 3.63) is 94.1 Å². The van der Waals surface area contributed by atoms with Crippen LogP contribution in [0.3, 0.4) is 0 Å². The van der Waals surface area contributed by atoms with Crippen LogP contribution >= 0.6 is 0 Å². The van der Waals surface area contributed by atoms with E-state index in [4.69, 9.17) is 4.74 Å². The SMILES string of the molecule is COC(=O)c1[nH]c(C)c(/C(O)=C2\C(=O)C(=O)N(Cc3cccnc3)[C@@H]2c2ccccc2)c1C. The van der Waals surface area contributed by atoms with Crippen LogP contribution in [0.15, 0.2) is 60.4 Å². The fourth-order valence-electron chi connectivity index (χ4n) is 4.26. The number of esters is 1. The number of aryl methyl sites for hydroxylation is 1. The molecule has 1 aromatic carbocycles. The van der Waals surface area contributed by atoms with Crippen LogP contribution < -0.4 is 0 Å². The molecule has 0 bridgehead atoms. The molecule has 1 atom stereocenters. The minimum Gasteiger partial charge on any atom is -0.507 e. The molecule has 1 saturated heterocycles. The van der Waals surface area contributed by atoms with Crippen LogP contribution in [0.4, 0.5) is 0 Å². The average molecular weight is 445 g/mol. The van der Waals surface area contributed by atoms with Gasteiger partial charge in [0.25, 0.3) is 11.7 Å². The first-order chi connectivity index (χ1) is 15.8. The van der Waals surface area contributed by atoms with Gasteiger partial charge in [-0.3, -0.25) is 14.6 Å². The van der Waals surface area contributed by atoms with Crippen LogP contribution in [0.5, 0.6) is 0 Å². The smallest absolute Gasteiger partial charge is 0.354 e. The Kier molecular flexibility index (Phi) is 5.83. The van der Waals surface area contributed by atoms with Crippen LogP contribution in [0.1, 0.15) is 44.5 Å². The van der Waals surface area contributed by atoms with E-state index in [9.17, 15) is 19.5 Å². The highest BCUT2D eigenvalue weighted by atomic mass is 16.5. The van der Waals surface area contributed by atoms with Crippen molar-refractivity contribution in [2.75, 3.05) is 7.11 Å². The summed E-state index contributed by atoms with van der Waals surface area (Å²) in [6, 6.07) is 11.8. The summed E-state index contributed by atoms with van der Waals surface area (Å²) in [4.78, 5) is 46.8. The zero-order chi connectivity index (χ0) is 23.7. The molecule has 33 heavy (non-hydrogen) atoms. The van der Waals surface area contributed by atoms with Crippen LogP contribution in [0.25, 0.3) is 5.76 Å². The van der Waals surface area contributed by atoms with Crippen molar-refractivity contribution in [1.29, 1.82) is 0 Å². The Morgan fingerprint density at radius 1 is 1.15 bits per heavy atom. The summed E-state index contributed by atoms with van der Waals surface area (Å²) < 4.78 is 4.80. The standard InChI is InChI=1S/C25H23N3O5/c1-14-18(15(2)27-20(14)25(32)33-3)22(29)19-21(17-9-5-4-6-10-17)28(24(31)23(19)30)13-16-8-7-11-26-12-16/h4-12,21,27,29H,13H2,1-3H3/b22-19+/t21-/m1/s1. The van der Waals surface area contributed by atoms with Gasteiger partial charge in [0, 0.05) is 30.2 Å². The third-order valence-corrected chi connectivity index (χ3v) is 5.79. The maximum absolute atomic E-state index is 13.2. The van der Waals surface area contributed by atoms with E-state index in [0.29, 0.717) is 22.4 Å². The molecule has 4 rings (SSSR count). The van der Waals surface area contributed by atoms with Gasteiger partial charge >= 0.3 is 5.97 Å². The first-order valence-electron chi connectivity index (χ1n) is 10.3. The van der Waals surface area contributed by atoms with E-state index in [1.54, 1.807) is 44.4 Å². The van der Waals surface area contributed by atoms with Gasteiger partial charge in [-0.05, 0) is 36.6 Å². The number of aromatic nitrogens is 2. The molecule has 2 aromatic heterocycles.